The lowest BCUT2D eigenvalue weighted by Crippen LogP contribution is -2.28. The fourth-order valence-corrected chi connectivity index (χ4v) is 2.93. The van der Waals surface area contributed by atoms with E-state index in [0.29, 0.717) is 12.5 Å². The molecule has 0 saturated heterocycles. The zero-order chi connectivity index (χ0) is 14.7. The molecule has 0 radical (unpaired) electrons. The van der Waals surface area contributed by atoms with Crippen LogP contribution in [0.4, 0.5) is 0 Å². The van der Waals surface area contributed by atoms with Gasteiger partial charge in [-0.25, -0.2) is 0 Å². The predicted octanol–water partition coefficient (Wildman–Crippen LogP) is 4.11. The highest BCUT2D eigenvalue weighted by atomic mass is 28.4. The molecule has 0 spiro atoms. The Labute approximate surface area is 118 Å². The number of carbonyl (C=O) groups excluding carboxylic acids is 1. The maximum absolute atomic E-state index is 11.8. The second-order valence-corrected chi connectivity index (χ2v) is 11.8. The van der Waals surface area contributed by atoms with Gasteiger partial charge in [-0.05, 0) is 59.3 Å². The summed E-state index contributed by atoms with van der Waals surface area (Å²) >= 11 is 0. The Kier molecular flexibility index (Phi) is 5.24. The van der Waals surface area contributed by atoms with Gasteiger partial charge in [-0.15, -0.1) is 0 Å². The number of rotatable bonds is 4. The zero-order valence-corrected chi connectivity index (χ0v) is 14.2. The van der Waals surface area contributed by atoms with Crippen LogP contribution in [0.5, 0.6) is 0 Å². The van der Waals surface area contributed by atoms with E-state index in [1.54, 1.807) is 0 Å². The van der Waals surface area contributed by atoms with Gasteiger partial charge in [0, 0.05) is 12.3 Å². The maximum Gasteiger partial charge on any atom is 0.311 e. The summed E-state index contributed by atoms with van der Waals surface area (Å²) in [6.07, 6.45) is 5.38. The number of esters is 1. The number of ether oxygens (including phenoxy) is 1. The van der Waals surface area contributed by atoms with Gasteiger partial charge in [-0.2, -0.15) is 0 Å². The lowest BCUT2D eigenvalue weighted by Gasteiger charge is -2.27. The van der Waals surface area contributed by atoms with Crippen molar-refractivity contribution in [1.29, 1.82) is 0 Å². The van der Waals surface area contributed by atoms with Crippen LogP contribution in [0.15, 0.2) is 11.8 Å². The van der Waals surface area contributed by atoms with Gasteiger partial charge in [-0.1, -0.05) is 0 Å². The molecule has 0 N–H and O–H groups in total. The highest BCUT2D eigenvalue weighted by molar-refractivity contribution is 6.70. The third-order valence-electron chi connectivity index (χ3n) is 2.90. The zero-order valence-electron chi connectivity index (χ0n) is 13.2. The molecule has 0 aromatic heterocycles. The van der Waals surface area contributed by atoms with Crippen molar-refractivity contribution in [3.05, 3.63) is 11.8 Å². The van der Waals surface area contributed by atoms with Crippen molar-refractivity contribution in [1.82, 2.24) is 0 Å². The SMILES string of the molecule is CC(C)(C)C(=O)OCC1C=C(O[Si](C)(C)C)CCC1. The van der Waals surface area contributed by atoms with Crippen molar-refractivity contribution < 1.29 is 14.0 Å². The molecule has 1 aliphatic rings. The summed E-state index contributed by atoms with van der Waals surface area (Å²) in [4.78, 5) is 11.8. The Hall–Kier alpha value is -0.773. The van der Waals surface area contributed by atoms with Crippen LogP contribution < -0.4 is 0 Å². The van der Waals surface area contributed by atoms with Crippen LogP contribution in [0.25, 0.3) is 0 Å². The van der Waals surface area contributed by atoms with Crippen LogP contribution in [0.2, 0.25) is 19.6 Å². The normalized spacial score (nSPS) is 20.7. The summed E-state index contributed by atoms with van der Waals surface area (Å²) in [5, 5.41) is 0. The van der Waals surface area contributed by atoms with Gasteiger partial charge < -0.3 is 9.16 Å². The minimum absolute atomic E-state index is 0.126. The molecule has 0 aromatic carbocycles. The van der Waals surface area contributed by atoms with Gasteiger partial charge in [0.2, 0.25) is 8.32 Å². The van der Waals surface area contributed by atoms with Gasteiger partial charge in [0.1, 0.15) is 0 Å². The first-order valence-corrected chi connectivity index (χ1v) is 10.6. The molecule has 3 nitrogen and oxygen atoms in total. The van der Waals surface area contributed by atoms with E-state index in [1.807, 2.05) is 20.8 Å². The van der Waals surface area contributed by atoms with Crippen molar-refractivity contribution in [2.45, 2.75) is 59.7 Å². The molecule has 1 aliphatic carbocycles. The minimum Gasteiger partial charge on any atom is -0.548 e. The summed E-state index contributed by atoms with van der Waals surface area (Å²) in [5.41, 5.74) is -0.421. The predicted molar refractivity (Wildman–Crippen MR) is 80.3 cm³/mol. The average Bonchev–Trinajstić information content (AvgIpc) is 2.22. The molecule has 110 valence electrons. The number of carbonyl (C=O) groups is 1. The molecule has 4 heteroatoms. The summed E-state index contributed by atoms with van der Waals surface area (Å²) in [7, 11) is -1.52. The van der Waals surface area contributed by atoms with Gasteiger partial charge in [0.15, 0.2) is 0 Å². The molecule has 1 unspecified atom stereocenters. The summed E-state index contributed by atoms with van der Waals surface area (Å²) < 4.78 is 11.4. The monoisotopic (exact) mass is 284 g/mol. The Morgan fingerprint density at radius 2 is 2.00 bits per heavy atom. The van der Waals surface area contributed by atoms with Crippen LogP contribution >= 0.6 is 0 Å². The Bertz CT molecular complexity index is 347. The molecule has 0 saturated carbocycles. The Morgan fingerprint density at radius 1 is 1.37 bits per heavy atom. The van der Waals surface area contributed by atoms with E-state index >= 15 is 0 Å². The molecule has 0 aliphatic heterocycles. The standard InChI is InChI=1S/C15H28O3Si/c1-15(2,3)14(16)17-11-12-8-7-9-13(10-12)18-19(4,5)6/h10,12H,7-9,11H2,1-6H3. The van der Waals surface area contributed by atoms with Crippen molar-refractivity contribution in [3.63, 3.8) is 0 Å². The van der Waals surface area contributed by atoms with Crippen molar-refractivity contribution >= 4 is 14.3 Å². The summed E-state index contributed by atoms with van der Waals surface area (Å²) in [6, 6.07) is 0. The van der Waals surface area contributed by atoms with E-state index in [1.165, 1.54) is 0 Å². The van der Waals surface area contributed by atoms with Crippen LogP contribution in [0, 0.1) is 11.3 Å². The fourth-order valence-electron chi connectivity index (χ4n) is 1.98. The van der Waals surface area contributed by atoms with Crippen molar-refractivity contribution in [2.75, 3.05) is 6.61 Å². The van der Waals surface area contributed by atoms with E-state index in [-0.39, 0.29) is 5.97 Å². The lowest BCUT2D eigenvalue weighted by molar-refractivity contribution is -0.154. The number of allylic oxidation sites excluding steroid dienone is 1. The Morgan fingerprint density at radius 3 is 2.53 bits per heavy atom. The lowest BCUT2D eigenvalue weighted by atomic mass is 9.95. The van der Waals surface area contributed by atoms with Gasteiger partial charge >= 0.3 is 5.97 Å². The van der Waals surface area contributed by atoms with Crippen LogP contribution in [-0.4, -0.2) is 20.9 Å². The molecule has 0 aromatic rings. The fraction of sp³-hybridized carbons (Fsp3) is 0.800. The maximum atomic E-state index is 11.8. The second-order valence-electron chi connectivity index (χ2n) is 7.35. The molecular formula is C15H28O3Si. The van der Waals surface area contributed by atoms with E-state index in [2.05, 4.69) is 25.7 Å². The topological polar surface area (TPSA) is 35.5 Å². The first kappa shape index (κ1) is 16.3. The molecule has 1 rings (SSSR count). The van der Waals surface area contributed by atoms with E-state index in [9.17, 15) is 4.79 Å². The molecule has 1 atom stereocenters. The van der Waals surface area contributed by atoms with Gasteiger partial charge in [0.05, 0.1) is 17.8 Å². The van der Waals surface area contributed by atoms with E-state index < -0.39 is 13.7 Å². The smallest absolute Gasteiger partial charge is 0.311 e. The van der Waals surface area contributed by atoms with Crippen LogP contribution in [0.3, 0.4) is 0 Å². The number of hydrogen-bond acceptors (Lipinski definition) is 3. The summed E-state index contributed by atoms with van der Waals surface area (Å²) in [5.74, 6) is 1.28. The second kappa shape index (κ2) is 6.12. The first-order chi connectivity index (χ1) is 8.58. The largest absolute Gasteiger partial charge is 0.548 e. The highest BCUT2D eigenvalue weighted by Gasteiger charge is 2.25. The van der Waals surface area contributed by atoms with Gasteiger partial charge in [-0.3, -0.25) is 4.79 Å². The van der Waals surface area contributed by atoms with E-state index in [4.69, 9.17) is 9.16 Å². The molecule has 19 heavy (non-hydrogen) atoms. The van der Waals surface area contributed by atoms with Crippen LogP contribution in [0.1, 0.15) is 40.0 Å². The molecule has 0 heterocycles. The van der Waals surface area contributed by atoms with Crippen LogP contribution in [-0.2, 0) is 14.0 Å². The molecular weight excluding hydrogens is 256 g/mol. The molecule has 0 fully saturated rings. The van der Waals surface area contributed by atoms with Crippen molar-refractivity contribution in [3.8, 4) is 0 Å². The first-order valence-electron chi connectivity index (χ1n) is 7.15. The quantitative estimate of drug-likeness (QED) is 0.575. The highest BCUT2D eigenvalue weighted by Crippen LogP contribution is 2.27. The molecule has 0 bridgehead atoms. The van der Waals surface area contributed by atoms with E-state index in [0.717, 1.165) is 25.0 Å². The average molecular weight is 284 g/mol. The summed E-state index contributed by atoms with van der Waals surface area (Å²) in [6.45, 7) is 12.7. The third-order valence-corrected chi connectivity index (χ3v) is 3.77. The Balaban J connectivity index is 2.51. The van der Waals surface area contributed by atoms with Gasteiger partial charge in [0.25, 0.3) is 0 Å². The third kappa shape index (κ3) is 6.28. The minimum atomic E-state index is -1.52. The van der Waals surface area contributed by atoms with Crippen molar-refractivity contribution in [2.24, 2.45) is 11.3 Å². The molecule has 0 amide bonds. The number of hydrogen-bond donors (Lipinski definition) is 0.